The van der Waals surface area contributed by atoms with Gasteiger partial charge in [0.05, 0.1) is 6.04 Å². The Morgan fingerprint density at radius 2 is 2.43 bits per heavy atom. The number of hydrogen-bond acceptors (Lipinski definition) is 5. The maximum absolute atomic E-state index is 12.0. The van der Waals surface area contributed by atoms with Gasteiger partial charge in [-0.25, -0.2) is 4.98 Å². The van der Waals surface area contributed by atoms with Crippen molar-refractivity contribution in [1.82, 2.24) is 10.3 Å². The second-order valence-corrected chi connectivity index (χ2v) is 4.86. The molecule has 1 aromatic heterocycles. The average molecular weight is 312 g/mol. The van der Waals surface area contributed by atoms with Crippen LogP contribution in [0.25, 0.3) is 11.1 Å². The number of halogens is 1. The van der Waals surface area contributed by atoms with E-state index in [1.807, 2.05) is 12.1 Å². The summed E-state index contributed by atoms with van der Waals surface area (Å²) in [5.41, 5.74) is 2.14. The van der Waals surface area contributed by atoms with Gasteiger partial charge in [0, 0.05) is 12.8 Å². The molecule has 114 valence electrons. The molecule has 1 fully saturated rings. The third-order valence-electron chi connectivity index (χ3n) is 3.34. The first-order valence-electron chi connectivity index (χ1n) is 6.69. The molecular formula is C14H18ClN3O3. The number of carbonyl (C=O) groups excluding carboxylic acids is 1. The third kappa shape index (κ3) is 3.53. The van der Waals surface area contributed by atoms with Gasteiger partial charge in [-0.15, -0.1) is 12.4 Å². The van der Waals surface area contributed by atoms with Crippen LogP contribution in [0.3, 0.4) is 0 Å². The van der Waals surface area contributed by atoms with Crippen LogP contribution >= 0.6 is 12.4 Å². The summed E-state index contributed by atoms with van der Waals surface area (Å²) in [6.45, 7) is 1.24. The molecule has 2 N–H and O–H groups in total. The summed E-state index contributed by atoms with van der Waals surface area (Å²) in [7, 11) is 1.59. The molecule has 1 aliphatic heterocycles. The van der Waals surface area contributed by atoms with Crippen LogP contribution in [0.5, 0.6) is 0 Å². The van der Waals surface area contributed by atoms with E-state index in [0.29, 0.717) is 23.6 Å². The van der Waals surface area contributed by atoms with Crippen molar-refractivity contribution in [2.75, 3.05) is 19.0 Å². The van der Waals surface area contributed by atoms with Gasteiger partial charge >= 0.3 is 0 Å². The van der Waals surface area contributed by atoms with Crippen molar-refractivity contribution >= 4 is 35.1 Å². The van der Waals surface area contributed by atoms with E-state index >= 15 is 0 Å². The topological polar surface area (TPSA) is 76.4 Å². The largest absolute Gasteiger partial charge is 0.438 e. The number of nitrogens with zero attached hydrogens (tertiary/aromatic N) is 1. The fourth-order valence-corrected chi connectivity index (χ4v) is 2.38. The number of oxazole rings is 1. The van der Waals surface area contributed by atoms with Crippen molar-refractivity contribution in [1.29, 1.82) is 0 Å². The number of carbonyl (C=O) groups is 1. The van der Waals surface area contributed by atoms with Crippen molar-refractivity contribution < 1.29 is 13.9 Å². The first kappa shape index (κ1) is 15.8. The Hall–Kier alpha value is -1.63. The number of ether oxygens (including phenoxy) is 1. The molecule has 1 unspecified atom stereocenters. The number of anilines is 1. The van der Waals surface area contributed by atoms with Gasteiger partial charge in [0.1, 0.15) is 12.1 Å². The van der Waals surface area contributed by atoms with Crippen LogP contribution < -0.4 is 10.6 Å². The van der Waals surface area contributed by atoms with E-state index in [2.05, 4.69) is 15.6 Å². The summed E-state index contributed by atoms with van der Waals surface area (Å²) in [6, 6.07) is 5.34. The van der Waals surface area contributed by atoms with Crippen LogP contribution in [0.15, 0.2) is 22.6 Å². The van der Waals surface area contributed by atoms with Crippen molar-refractivity contribution in [3.63, 3.8) is 0 Å². The molecule has 0 bridgehead atoms. The minimum Gasteiger partial charge on any atom is -0.438 e. The number of benzene rings is 1. The molecule has 1 saturated heterocycles. The van der Waals surface area contributed by atoms with Crippen LogP contribution in [0.2, 0.25) is 0 Å². The number of methoxy groups -OCH3 is 1. The van der Waals surface area contributed by atoms with Crippen molar-refractivity contribution in [3.8, 4) is 0 Å². The Morgan fingerprint density at radius 1 is 1.57 bits per heavy atom. The van der Waals surface area contributed by atoms with Crippen LogP contribution in [0.1, 0.15) is 18.7 Å². The molecule has 1 amide bonds. The van der Waals surface area contributed by atoms with Crippen LogP contribution in [0, 0.1) is 0 Å². The quantitative estimate of drug-likeness (QED) is 0.904. The zero-order valence-electron chi connectivity index (χ0n) is 11.7. The molecule has 1 aromatic carbocycles. The molecule has 0 spiro atoms. The summed E-state index contributed by atoms with van der Waals surface area (Å²) in [5.74, 6) is 0.533. The van der Waals surface area contributed by atoms with Crippen molar-refractivity contribution in [2.24, 2.45) is 0 Å². The lowest BCUT2D eigenvalue weighted by Gasteiger charge is -2.10. The molecule has 6 nitrogen and oxygen atoms in total. The highest BCUT2D eigenvalue weighted by Crippen LogP contribution is 2.21. The number of hydrogen-bond donors (Lipinski definition) is 2. The van der Waals surface area contributed by atoms with E-state index in [-0.39, 0.29) is 24.4 Å². The minimum absolute atomic E-state index is 0. The third-order valence-corrected chi connectivity index (χ3v) is 3.34. The van der Waals surface area contributed by atoms with Gasteiger partial charge in [-0.3, -0.25) is 4.79 Å². The van der Waals surface area contributed by atoms with Gasteiger partial charge in [-0.1, -0.05) is 0 Å². The normalized spacial score (nSPS) is 17.7. The van der Waals surface area contributed by atoms with Crippen molar-refractivity contribution in [3.05, 3.63) is 24.1 Å². The summed E-state index contributed by atoms with van der Waals surface area (Å²) < 4.78 is 10.5. The highest BCUT2D eigenvalue weighted by atomic mass is 35.5. The van der Waals surface area contributed by atoms with E-state index in [1.54, 1.807) is 13.2 Å². The molecule has 0 radical (unpaired) electrons. The smallest absolute Gasteiger partial charge is 0.241 e. The Morgan fingerprint density at radius 3 is 3.14 bits per heavy atom. The number of rotatable bonds is 4. The standard InChI is InChI=1S/C14H17N3O3.ClH/c1-19-8-13-17-11-7-9(4-5-12(11)20-13)16-14(18)10-3-2-6-15-10;/h4-5,7,10,15H,2-3,6,8H2,1H3,(H,16,18);1H. The van der Waals surface area contributed by atoms with E-state index in [4.69, 9.17) is 9.15 Å². The molecule has 3 rings (SSSR count). The molecule has 2 aromatic rings. The Labute approximate surface area is 128 Å². The lowest BCUT2D eigenvalue weighted by Crippen LogP contribution is -2.35. The first-order valence-corrected chi connectivity index (χ1v) is 6.69. The number of aromatic nitrogens is 1. The lowest BCUT2D eigenvalue weighted by molar-refractivity contribution is -0.117. The summed E-state index contributed by atoms with van der Waals surface area (Å²) >= 11 is 0. The monoisotopic (exact) mass is 311 g/mol. The molecule has 7 heteroatoms. The van der Waals surface area contributed by atoms with Gasteiger partial charge in [0.15, 0.2) is 5.58 Å². The summed E-state index contributed by atoms with van der Waals surface area (Å²) in [6.07, 6.45) is 1.93. The Balaban J connectivity index is 0.00000161. The van der Waals surface area contributed by atoms with Gasteiger partial charge in [-0.05, 0) is 37.6 Å². The predicted molar refractivity (Wildman–Crippen MR) is 81.6 cm³/mol. The maximum Gasteiger partial charge on any atom is 0.241 e. The average Bonchev–Trinajstić information content (AvgIpc) is 3.07. The molecule has 0 saturated carbocycles. The van der Waals surface area contributed by atoms with E-state index < -0.39 is 0 Å². The molecule has 1 aliphatic rings. The van der Waals surface area contributed by atoms with E-state index in [1.165, 1.54) is 0 Å². The van der Waals surface area contributed by atoms with E-state index in [9.17, 15) is 4.79 Å². The second kappa shape index (κ2) is 6.89. The second-order valence-electron chi connectivity index (χ2n) is 4.86. The Bertz CT molecular complexity index is 623. The van der Waals surface area contributed by atoms with Crippen molar-refractivity contribution in [2.45, 2.75) is 25.5 Å². The minimum atomic E-state index is -0.0907. The van der Waals surface area contributed by atoms with Crippen LogP contribution in [-0.2, 0) is 16.1 Å². The van der Waals surface area contributed by atoms with Gasteiger partial charge in [-0.2, -0.15) is 0 Å². The van der Waals surface area contributed by atoms with Gasteiger partial charge in [0.25, 0.3) is 0 Å². The first-order chi connectivity index (χ1) is 9.76. The Kier molecular flexibility index (Phi) is 5.17. The summed E-state index contributed by atoms with van der Waals surface area (Å²) in [5, 5.41) is 6.07. The molecule has 2 heterocycles. The van der Waals surface area contributed by atoms with E-state index in [0.717, 1.165) is 25.1 Å². The van der Waals surface area contributed by atoms with Crippen LogP contribution in [0.4, 0.5) is 5.69 Å². The predicted octanol–water partition coefficient (Wildman–Crippen LogP) is 2.09. The summed E-state index contributed by atoms with van der Waals surface area (Å²) in [4.78, 5) is 16.3. The number of nitrogens with one attached hydrogen (secondary N) is 2. The highest BCUT2D eigenvalue weighted by Gasteiger charge is 2.22. The maximum atomic E-state index is 12.0. The number of amides is 1. The fourth-order valence-electron chi connectivity index (χ4n) is 2.38. The lowest BCUT2D eigenvalue weighted by atomic mass is 10.2. The highest BCUT2D eigenvalue weighted by molar-refractivity contribution is 5.96. The SMILES string of the molecule is COCc1nc2cc(NC(=O)C3CCCN3)ccc2o1.Cl. The molecule has 21 heavy (non-hydrogen) atoms. The number of fused-ring (bicyclic) bond motifs is 1. The molecule has 1 atom stereocenters. The molecular weight excluding hydrogens is 294 g/mol. The fraction of sp³-hybridized carbons (Fsp3) is 0.429. The van der Waals surface area contributed by atoms with Crippen LogP contribution in [-0.4, -0.2) is 30.6 Å². The molecule has 0 aliphatic carbocycles. The zero-order valence-corrected chi connectivity index (χ0v) is 12.5. The zero-order chi connectivity index (χ0) is 13.9. The van der Waals surface area contributed by atoms with Gasteiger partial charge in [0.2, 0.25) is 11.8 Å². The van der Waals surface area contributed by atoms with Gasteiger partial charge < -0.3 is 19.8 Å².